The number of imidazole rings is 1. The van der Waals surface area contributed by atoms with Crippen LogP contribution in [0.5, 0.6) is 0 Å². The van der Waals surface area contributed by atoms with Gasteiger partial charge in [-0.15, -0.1) is 0 Å². The molecule has 1 N–H and O–H groups in total. The fraction of sp³-hybridized carbons (Fsp3) is 0.188. The summed E-state index contributed by atoms with van der Waals surface area (Å²) in [6.45, 7) is 0. The van der Waals surface area contributed by atoms with Crippen molar-refractivity contribution in [2.75, 3.05) is 0 Å². The minimum atomic E-state index is -6.43. The Morgan fingerprint density at radius 1 is 0.808 bits per heavy atom. The highest BCUT2D eigenvalue weighted by molar-refractivity contribution is 6.30. The number of nitrogens with one attached hydrogen (secondary N) is 1. The average molecular weight is 397 g/mol. The Hall–Kier alpha value is -2.29. The van der Waals surface area contributed by atoms with Crippen LogP contribution in [0.3, 0.4) is 0 Å². The van der Waals surface area contributed by atoms with E-state index in [4.69, 9.17) is 11.6 Å². The van der Waals surface area contributed by atoms with E-state index in [-0.39, 0.29) is 11.0 Å². The second kappa shape index (κ2) is 5.87. The first kappa shape index (κ1) is 18.5. The van der Waals surface area contributed by atoms with Gasteiger partial charge in [0.15, 0.2) is 5.82 Å². The number of rotatable bonds is 3. The lowest BCUT2D eigenvalue weighted by atomic mass is 10.1. The van der Waals surface area contributed by atoms with Gasteiger partial charge in [0, 0.05) is 5.02 Å². The van der Waals surface area contributed by atoms with Gasteiger partial charge in [0.2, 0.25) is 0 Å². The Morgan fingerprint density at radius 2 is 1.38 bits per heavy atom. The number of nitrogens with zero attached hydrogens (tertiary/aromatic N) is 1. The molecule has 138 valence electrons. The van der Waals surface area contributed by atoms with Crippen LogP contribution in [0.2, 0.25) is 5.02 Å². The van der Waals surface area contributed by atoms with Crippen LogP contribution >= 0.6 is 11.6 Å². The van der Waals surface area contributed by atoms with Gasteiger partial charge in [0.05, 0.1) is 11.0 Å². The van der Waals surface area contributed by atoms with Crippen molar-refractivity contribution in [2.45, 2.75) is 18.0 Å². The van der Waals surface area contributed by atoms with Crippen molar-refractivity contribution in [3.63, 3.8) is 0 Å². The maximum Gasteiger partial charge on any atom is 0.460 e. The van der Waals surface area contributed by atoms with E-state index in [9.17, 15) is 30.7 Å². The normalized spacial score (nSPS) is 13.4. The quantitative estimate of drug-likeness (QED) is 0.527. The number of hydrogen-bond acceptors (Lipinski definition) is 1. The lowest BCUT2D eigenvalue weighted by Crippen LogP contribution is -2.50. The van der Waals surface area contributed by atoms with E-state index in [2.05, 4.69) is 4.98 Å². The summed E-state index contributed by atoms with van der Waals surface area (Å²) in [7, 11) is 0. The molecule has 0 spiro atoms. The highest BCUT2D eigenvalue weighted by Crippen LogP contribution is 2.51. The van der Waals surface area contributed by atoms with Crippen molar-refractivity contribution in [1.29, 1.82) is 0 Å². The van der Waals surface area contributed by atoms with Crippen LogP contribution in [0, 0.1) is 0 Å². The van der Waals surface area contributed by atoms with Gasteiger partial charge in [-0.3, -0.25) is 0 Å². The summed E-state index contributed by atoms with van der Waals surface area (Å²) in [5.74, 6) is -13.6. The second-order valence-corrected chi connectivity index (χ2v) is 5.91. The molecule has 0 unspecified atom stereocenters. The third-order valence-electron chi connectivity index (χ3n) is 3.71. The molecule has 0 aliphatic heterocycles. The summed E-state index contributed by atoms with van der Waals surface area (Å²) in [5, 5.41) is 0.465. The standard InChI is InChI=1S/C16H8ClF7N2/c17-10-4-1-8(2-5-10)9-3-6-11-12(7-9)26-13(25-11)14(18,19)15(20,21)16(22,23)24/h1-7H,(H,25,26). The van der Waals surface area contributed by atoms with Crippen LogP contribution in [0.4, 0.5) is 30.7 Å². The molecular formula is C16H8ClF7N2. The lowest BCUT2D eigenvalue weighted by Gasteiger charge is -2.26. The first-order valence-corrected chi connectivity index (χ1v) is 7.40. The monoisotopic (exact) mass is 396 g/mol. The fourth-order valence-corrected chi connectivity index (χ4v) is 2.43. The largest absolute Gasteiger partial charge is 0.460 e. The van der Waals surface area contributed by atoms with E-state index in [0.29, 0.717) is 16.1 Å². The van der Waals surface area contributed by atoms with Gasteiger partial charge < -0.3 is 4.98 Å². The molecule has 10 heteroatoms. The number of alkyl halides is 7. The van der Waals surface area contributed by atoms with Crippen molar-refractivity contribution in [3.8, 4) is 11.1 Å². The van der Waals surface area contributed by atoms with E-state index >= 15 is 0 Å². The van der Waals surface area contributed by atoms with Crippen LogP contribution in [0.1, 0.15) is 5.82 Å². The van der Waals surface area contributed by atoms with Gasteiger partial charge in [0.25, 0.3) is 0 Å². The number of aromatic amines is 1. The van der Waals surface area contributed by atoms with Crippen LogP contribution in [-0.2, 0) is 5.92 Å². The Kier molecular flexibility index (Phi) is 4.18. The first-order valence-electron chi connectivity index (χ1n) is 7.02. The molecule has 1 heterocycles. The Morgan fingerprint density at radius 3 is 1.96 bits per heavy atom. The van der Waals surface area contributed by atoms with E-state index in [1.807, 2.05) is 4.98 Å². The fourth-order valence-electron chi connectivity index (χ4n) is 2.31. The molecule has 1 aromatic heterocycles. The molecule has 3 rings (SSSR count). The van der Waals surface area contributed by atoms with Crippen LogP contribution in [0.25, 0.3) is 22.2 Å². The van der Waals surface area contributed by atoms with Crippen molar-refractivity contribution in [2.24, 2.45) is 0 Å². The summed E-state index contributed by atoms with van der Waals surface area (Å²) in [6, 6.07) is 10.4. The van der Waals surface area contributed by atoms with E-state index in [1.54, 1.807) is 24.3 Å². The maximum absolute atomic E-state index is 13.8. The smallest absolute Gasteiger partial charge is 0.337 e. The number of fused-ring (bicyclic) bond motifs is 1. The van der Waals surface area contributed by atoms with Crippen LogP contribution in [0.15, 0.2) is 42.5 Å². The van der Waals surface area contributed by atoms with Crippen LogP contribution < -0.4 is 0 Å². The average Bonchev–Trinajstić information content (AvgIpc) is 2.98. The molecule has 0 saturated carbocycles. The van der Waals surface area contributed by atoms with Crippen molar-refractivity contribution in [3.05, 3.63) is 53.3 Å². The molecule has 26 heavy (non-hydrogen) atoms. The predicted octanol–water partition coefficient (Wildman–Crippen LogP) is 6.17. The van der Waals surface area contributed by atoms with Gasteiger partial charge in [-0.25, -0.2) is 4.98 Å². The molecule has 0 amide bonds. The number of H-pyrrole nitrogens is 1. The SMILES string of the molecule is FC(F)(F)C(F)(F)C(F)(F)c1nc2ccc(-c3ccc(Cl)cc3)cc2[nH]1. The minimum absolute atomic E-state index is 0.106. The minimum Gasteiger partial charge on any atom is -0.337 e. The van der Waals surface area contributed by atoms with Crippen molar-refractivity contribution < 1.29 is 30.7 Å². The highest BCUT2D eigenvalue weighted by atomic mass is 35.5. The number of aromatic nitrogens is 2. The topological polar surface area (TPSA) is 28.7 Å². The first-order chi connectivity index (χ1) is 11.9. The van der Waals surface area contributed by atoms with Crippen LogP contribution in [-0.4, -0.2) is 22.1 Å². The summed E-state index contributed by atoms with van der Waals surface area (Å²) < 4.78 is 90.7. The lowest BCUT2D eigenvalue weighted by molar-refractivity contribution is -0.361. The van der Waals surface area contributed by atoms with Gasteiger partial charge in [-0.2, -0.15) is 30.7 Å². The molecule has 2 nitrogen and oxygen atoms in total. The van der Waals surface area contributed by atoms with Gasteiger partial charge >= 0.3 is 18.0 Å². The van der Waals surface area contributed by atoms with Crippen molar-refractivity contribution >= 4 is 22.6 Å². The third-order valence-corrected chi connectivity index (χ3v) is 3.96. The molecule has 0 fully saturated rings. The van der Waals surface area contributed by atoms with Gasteiger partial charge in [-0.1, -0.05) is 29.8 Å². The Labute approximate surface area is 146 Å². The molecule has 3 aromatic rings. The molecule has 2 aromatic carbocycles. The van der Waals surface area contributed by atoms with Gasteiger partial charge in [0.1, 0.15) is 0 Å². The molecule has 0 saturated heterocycles. The summed E-state index contributed by atoms with van der Waals surface area (Å²) in [5.41, 5.74) is 0.871. The Bertz CT molecular complexity index is 945. The van der Waals surface area contributed by atoms with Gasteiger partial charge in [-0.05, 0) is 35.4 Å². The maximum atomic E-state index is 13.8. The van der Waals surface area contributed by atoms with E-state index in [0.717, 1.165) is 0 Å². The summed E-state index contributed by atoms with van der Waals surface area (Å²) in [6.07, 6.45) is -6.43. The highest BCUT2D eigenvalue weighted by Gasteiger charge is 2.74. The molecule has 0 radical (unpaired) electrons. The molecular weight excluding hydrogens is 389 g/mol. The second-order valence-electron chi connectivity index (χ2n) is 5.47. The number of halogens is 8. The molecule has 0 bridgehead atoms. The molecule has 0 aliphatic carbocycles. The Balaban J connectivity index is 2.06. The molecule has 0 aliphatic rings. The summed E-state index contributed by atoms with van der Waals surface area (Å²) in [4.78, 5) is 5.07. The summed E-state index contributed by atoms with van der Waals surface area (Å²) >= 11 is 5.76. The predicted molar refractivity (Wildman–Crippen MR) is 81.4 cm³/mol. The van der Waals surface area contributed by atoms with E-state index in [1.165, 1.54) is 18.2 Å². The zero-order chi connectivity index (χ0) is 19.3. The molecule has 0 atom stereocenters. The van der Waals surface area contributed by atoms with Crippen molar-refractivity contribution in [1.82, 2.24) is 9.97 Å². The zero-order valence-corrected chi connectivity index (χ0v) is 13.3. The third kappa shape index (κ3) is 2.90. The van der Waals surface area contributed by atoms with E-state index < -0.39 is 23.8 Å². The zero-order valence-electron chi connectivity index (χ0n) is 12.5. The number of benzene rings is 2. The number of hydrogen-bond donors (Lipinski definition) is 1.